The topological polar surface area (TPSA) is 55.3 Å². The van der Waals surface area contributed by atoms with Gasteiger partial charge in [0.2, 0.25) is 0 Å². The Kier molecular flexibility index (Phi) is 2.99. The zero-order valence-electron chi connectivity index (χ0n) is 10.5. The number of carbonyl (C=O) groups excluding carboxylic acids is 1. The van der Waals surface area contributed by atoms with E-state index in [0.717, 1.165) is 25.9 Å². The molecule has 0 unspecified atom stereocenters. The van der Waals surface area contributed by atoms with Crippen LogP contribution in [0.2, 0.25) is 0 Å². The summed E-state index contributed by atoms with van der Waals surface area (Å²) in [6.07, 6.45) is 5.77. The summed E-state index contributed by atoms with van der Waals surface area (Å²) in [6.45, 7) is 3.68. The van der Waals surface area contributed by atoms with Crippen molar-refractivity contribution in [3.05, 3.63) is 24.0 Å². The molecule has 0 bridgehead atoms. The number of rotatable bonds is 1. The van der Waals surface area contributed by atoms with E-state index >= 15 is 0 Å². The van der Waals surface area contributed by atoms with Crippen LogP contribution in [0.5, 0.6) is 0 Å². The highest BCUT2D eigenvalue weighted by atomic mass is 16.5. The van der Waals surface area contributed by atoms with E-state index in [1.165, 1.54) is 6.20 Å². The van der Waals surface area contributed by atoms with Crippen molar-refractivity contribution in [1.82, 2.24) is 15.1 Å². The zero-order chi connectivity index (χ0) is 12.5. The molecule has 2 aliphatic heterocycles. The number of hydrogen-bond acceptors (Lipinski definition) is 4. The minimum atomic E-state index is 0.0582. The number of carbonyl (C=O) groups is 1. The Hall–Kier alpha value is -1.49. The highest BCUT2D eigenvalue weighted by Gasteiger charge is 2.38. The number of hydrogen-bond donors (Lipinski definition) is 0. The van der Waals surface area contributed by atoms with Crippen molar-refractivity contribution in [3.8, 4) is 0 Å². The summed E-state index contributed by atoms with van der Waals surface area (Å²) in [6, 6.07) is 1.72. The number of aromatic nitrogens is 2. The van der Waals surface area contributed by atoms with Crippen molar-refractivity contribution in [3.63, 3.8) is 0 Å². The van der Waals surface area contributed by atoms with Gasteiger partial charge in [-0.05, 0) is 25.8 Å². The second-order valence-corrected chi connectivity index (χ2v) is 5.15. The van der Waals surface area contributed by atoms with E-state index in [1.807, 2.05) is 4.90 Å². The molecule has 2 fully saturated rings. The lowest BCUT2D eigenvalue weighted by molar-refractivity contribution is 0.00863. The standard InChI is InChI=1S/C13H17N3O2/c1-9-6-11-8-16(5-3-12(11)18-9)13(17)10-2-4-14-15-7-10/h2,4,7,9,11-12H,3,5-6,8H2,1H3/t9-,11-,12-/m1/s1. The van der Waals surface area contributed by atoms with Gasteiger partial charge in [-0.15, -0.1) is 0 Å². The molecule has 1 amide bonds. The lowest BCUT2D eigenvalue weighted by Gasteiger charge is -2.34. The summed E-state index contributed by atoms with van der Waals surface area (Å²) in [5.41, 5.74) is 0.621. The average Bonchev–Trinajstić information content (AvgIpc) is 2.78. The minimum Gasteiger partial charge on any atom is -0.375 e. The van der Waals surface area contributed by atoms with Gasteiger partial charge in [-0.3, -0.25) is 4.79 Å². The molecular weight excluding hydrogens is 230 g/mol. The molecule has 0 saturated carbocycles. The third kappa shape index (κ3) is 2.10. The van der Waals surface area contributed by atoms with Gasteiger partial charge in [0.25, 0.3) is 5.91 Å². The minimum absolute atomic E-state index is 0.0582. The Balaban J connectivity index is 1.70. The molecule has 5 nitrogen and oxygen atoms in total. The molecule has 0 aromatic carbocycles. The van der Waals surface area contributed by atoms with Gasteiger partial charge in [0.15, 0.2) is 0 Å². The Morgan fingerprint density at radius 1 is 1.50 bits per heavy atom. The predicted molar refractivity (Wildman–Crippen MR) is 65.0 cm³/mol. The quantitative estimate of drug-likeness (QED) is 0.746. The van der Waals surface area contributed by atoms with Crippen LogP contribution in [-0.2, 0) is 4.74 Å². The molecule has 1 aromatic heterocycles. The molecule has 0 N–H and O–H groups in total. The number of likely N-dealkylation sites (tertiary alicyclic amines) is 1. The molecular formula is C13H17N3O2. The lowest BCUT2D eigenvalue weighted by Crippen LogP contribution is -2.44. The van der Waals surface area contributed by atoms with Crippen LogP contribution >= 0.6 is 0 Å². The van der Waals surface area contributed by atoms with Crippen molar-refractivity contribution in [2.24, 2.45) is 5.92 Å². The number of nitrogens with zero attached hydrogens (tertiary/aromatic N) is 3. The highest BCUT2D eigenvalue weighted by Crippen LogP contribution is 2.32. The summed E-state index contributed by atoms with van der Waals surface area (Å²) >= 11 is 0. The molecule has 5 heteroatoms. The maximum Gasteiger partial charge on any atom is 0.255 e. The summed E-state index contributed by atoms with van der Waals surface area (Å²) in [5, 5.41) is 7.45. The maximum absolute atomic E-state index is 12.3. The number of amides is 1. The first-order valence-electron chi connectivity index (χ1n) is 6.45. The number of ether oxygens (including phenoxy) is 1. The summed E-state index contributed by atoms with van der Waals surface area (Å²) in [4.78, 5) is 14.2. The molecule has 2 aliphatic rings. The van der Waals surface area contributed by atoms with E-state index in [0.29, 0.717) is 23.7 Å². The van der Waals surface area contributed by atoms with E-state index in [9.17, 15) is 4.79 Å². The van der Waals surface area contributed by atoms with Crippen LogP contribution in [0.1, 0.15) is 30.1 Å². The van der Waals surface area contributed by atoms with Crippen LogP contribution in [0.15, 0.2) is 18.5 Å². The fourth-order valence-corrected chi connectivity index (χ4v) is 2.98. The molecule has 96 valence electrons. The van der Waals surface area contributed by atoms with E-state index in [4.69, 9.17) is 4.74 Å². The van der Waals surface area contributed by atoms with Crippen LogP contribution in [-0.4, -0.2) is 46.3 Å². The third-order valence-electron chi connectivity index (χ3n) is 3.82. The monoisotopic (exact) mass is 247 g/mol. The van der Waals surface area contributed by atoms with Crippen LogP contribution < -0.4 is 0 Å². The molecule has 3 rings (SSSR count). The first-order valence-corrected chi connectivity index (χ1v) is 6.45. The van der Waals surface area contributed by atoms with E-state index in [-0.39, 0.29) is 5.91 Å². The van der Waals surface area contributed by atoms with E-state index in [2.05, 4.69) is 17.1 Å². The molecule has 3 heterocycles. The van der Waals surface area contributed by atoms with Crippen molar-refractivity contribution >= 4 is 5.91 Å². The normalized spacial score (nSPS) is 31.2. The molecule has 0 aliphatic carbocycles. The lowest BCUT2D eigenvalue weighted by atomic mass is 9.93. The second kappa shape index (κ2) is 4.65. The van der Waals surface area contributed by atoms with Gasteiger partial charge in [-0.2, -0.15) is 10.2 Å². The third-order valence-corrected chi connectivity index (χ3v) is 3.82. The van der Waals surface area contributed by atoms with Crippen LogP contribution in [0.3, 0.4) is 0 Å². The van der Waals surface area contributed by atoms with E-state index < -0.39 is 0 Å². The fraction of sp³-hybridized carbons (Fsp3) is 0.615. The van der Waals surface area contributed by atoms with Crippen LogP contribution in [0, 0.1) is 5.92 Å². The molecule has 3 atom stereocenters. The summed E-state index contributed by atoms with van der Waals surface area (Å²) < 4.78 is 5.84. The van der Waals surface area contributed by atoms with Gasteiger partial charge in [-0.25, -0.2) is 0 Å². The van der Waals surface area contributed by atoms with Crippen molar-refractivity contribution < 1.29 is 9.53 Å². The Morgan fingerprint density at radius 2 is 2.39 bits per heavy atom. The first-order chi connectivity index (χ1) is 8.74. The molecule has 1 aromatic rings. The van der Waals surface area contributed by atoms with Crippen molar-refractivity contribution in [2.45, 2.75) is 32.0 Å². The van der Waals surface area contributed by atoms with Gasteiger partial charge in [0, 0.05) is 19.0 Å². The average molecular weight is 247 g/mol. The fourth-order valence-electron chi connectivity index (χ4n) is 2.98. The first kappa shape index (κ1) is 11.6. The van der Waals surface area contributed by atoms with Gasteiger partial charge >= 0.3 is 0 Å². The molecule has 18 heavy (non-hydrogen) atoms. The molecule has 0 radical (unpaired) electrons. The van der Waals surface area contributed by atoms with Gasteiger partial charge in [-0.1, -0.05) is 0 Å². The Morgan fingerprint density at radius 3 is 3.17 bits per heavy atom. The molecule has 2 saturated heterocycles. The van der Waals surface area contributed by atoms with Crippen LogP contribution in [0.4, 0.5) is 0 Å². The number of piperidine rings is 1. The van der Waals surface area contributed by atoms with E-state index in [1.54, 1.807) is 12.3 Å². The van der Waals surface area contributed by atoms with Crippen molar-refractivity contribution in [2.75, 3.05) is 13.1 Å². The smallest absolute Gasteiger partial charge is 0.255 e. The van der Waals surface area contributed by atoms with Crippen molar-refractivity contribution in [1.29, 1.82) is 0 Å². The Bertz CT molecular complexity index is 437. The largest absolute Gasteiger partial charge is 0.375 e. The summed E-state index contributed by atoms with van der Waals surface area (Å²) in [7, 11) is 0. The zero-order valence-corrected chi connectivity index (χ0v) is 10.5. The Labute approximate surface area is 106 Å². The van der Waals surface area contributed by atoms with Gasteiger partial charge in [0.05, 0.1) is 30.2 Å². The second-order valence-electron chi connectivity index (χ2n) is 5.15. The summed E-state index contributed by atoms with van der Waals surface area (Å²) in [5.74, 6) is 0.551. The predicted octanol–water partition coefficient (Wildman–Crippen LogP) is 1.12. The van der Waals surface area contributed by atoms with Gasteiger partial charge in [0.1, 0.15) is 0 Å². The molecule has 0 spiro atoms. The van der Waals surface area contributed by atoms with Gasteiger partial charge < -0.3 is 9.64 Å². The maximum atomic E-state index is 12.3. The highest BCUT2D eigenvalue weighted by molar-refractivity contribution is 5.93. The SMILES string of the molecule is C[C@@H]1C[C@@H]2CN(C(=O)c3ccnnc3)CC[C@H]2O1. The van der Waals surface area contributed by atoms with Crippen LogP contribution in [0.25, 0.3) is 0 Å². The number of fused-ring (bicyclic) bond motifs is 1.